The zero-order valence-corrected chi connectivity index (χ0v) is 28.8. The van der Waals surface area contributed by atoms with Crippen molar-refractivity contribution in [1.82, 2.24) is 15.0 Å². The van der Waals surface area contributed by atoms with Crippen LogP contribution < -0.4 is 4.90 Å². The summed E-state index contributed by atoms with van der Waals surface area (Å²) >= 11 is 1.64. The Morgan fingerprint density at radius 3 is 1.46 bits per heavy atom. The summed E-state index contributed by atoms with van der Waals surface area (Å²) in [7, 11) is 0. The minimum absolute atomic E-state index is 0.922. The van der Waals surface area contributed by atoms with Gasteiger partial charge in [-0.1, -0.05) is 109 Å². The molecule has 3 heterocycles. The summed E-state index contributed by atoms with van der Waals surface area (Å²) in [5, 5.41) is 6.04. The summed E-state index contributed by atoms with van der Waals surface area (Å²) < 4.78 is 1.05. The van der Waals surface area contributed by atoms with E-state index in [2.05, 4.69) is 179 Å². The fourth-order valence-corrected chi connectivity index (χ4v) is 8.28. The molecule has 0 fully saturated rings. The number of pyridine rings is 1. The predicted molar refractivity (Wildman–Crippen MR) is 219 cm³/mol. The molecule has 0 atom stereocenters. The minimum atomic E-state index is 0.922. The first kappa shape index (κ1) is 30.2. The number of benzene rings is 7. The van der Waals surface area contributed by atoms with Crippen molar-refractivity contribution in [2.24, 2.45) is 0 Å². The van der Waals surface area contributed by atoms with E-state index in [1.807, 2.05) is 12.3 Å². The van der Waals surface area contributed by atoms with Crippen LogP contribution in [0.1, 0.15) is 0 Å². The van der Waals surface area contributed by atoms with Crippen LogP contribution in [0.25, 0.3) is 75.5 Å². The SMILES string of the molecule is c1ccc2cc(-c3ccc(N(c4ccc(-c5ccc6ccccc6c5)cc4)c4ccc(-c5ncnc6c5sc5ncccc56)cc4)cc3)ccc2c1. The molecule has 0 saturated carbocycles. The Balaban J connectivity index is 1.04. The zero-order valence-electron chi connectivity index (χ0n) is 28.0. The van der Waals surface area contributed by atoms with Gasteiger partial charge in [0, 0.05) is 34.2 Å². The van der Waals surface area contributed by atoms with E-state index in [0.717, 1.165) is 48.8 Å². The normalized spacial score (nSPS) is 11.5. The molecule has 7 aromatic carbocycles. The van der Waals surface area contributed by atoms with Gasteiger partial charge in [0.15, 0.2) is 0 Å². The van der Waals surface area contributed by atoms with Gasteiger partial charge in [-0.2, -0.15) is 0 Å². The molecule has 0 aliphatic carbocycles. The maximum absolute atomic E-state index is 4.74. The molecule has 0 aliphatic rings. The van der Waals surface area contributed by atoms with Gasteiger partial charge in [0.25, 0.3) is 0 Å². The third kappa shape index (κ3) is 5.36. The van der Waals surface area contributed by atoms with Crippen LogP contribution in [0.3, 0.4) is 0 Å². The van der Waals surface area contributed by atoms with Crippen molar-refractivity contribution < 1.29 is 0 Å². The van der Waals surface area contributed by atoms with Crippen LogP contribution in [0.15, 0.2) is 182 Å². The Labute approximate surface area is 305 Å². The molecule has 10 rings (SSSR count). The van der Waals surface area contributed by atoms with E-state index in [1.54, 1.807) is 17.7 Å². The van der Waals surface area contributed by atoms with Gasteiger partial charge in [0.1, 0.15) is 11.2 Å². The Morgan fingerprint density at radius 1 is 0.404 bits per heavy atom. The highest BCUT2D eigenvalue weighted by Gasteiger charge is 2.17. The molecule has 5 heteroatoms. The van der Waals surface area contributed by atoms with E-state index in [-0.39, 0.29) is 0 Å². The highest BCUT2D eigenvalue weighted by Crippen LogP contribution is 2.40. The third-order valence-corrected chi connectivity index (χ3v) is 11.0. The van der Waals surface area contributed by atoms with E-state index < -0.39 is 0 Å². The summed E-state index contributed by atoms with van der Waals surface area (Å²) in [5.74, 6) is 0. The molecule has 244 valence electrons. The number of anilines is 3. The maximum atomic E-state index is 4.74. The van der Waals surface area contributed by atoms with E-state index >= 15 is 0 Å². The second-order valence-electron chi connectivity index (χ2n) is 13.0. The summed E-state index contributed by atoms with van der Waals surface area (Å²) in [6, 6.07) is 60.8. The predicted octanol–water partition coefficient (Wildman–Crippen LogP) is 13.0. The van der Waals surface area contributed by atoms with Crippen LogP contribution in [0.4, 0.5) is 17.1 Å². The van der Waals surface area contributed by atoms with E-state index in [1.165, 1.54) is 43.8 Å². The maximum Gasteiger partial charge on any atom is 0.126 e. The summed E-state index contributed by atoms with van der Waals surface area (Å²) in [4.78, 5) is 17.2. The quantitative estimate of drug-likeness (QED) is 0.175. The lowest BCUT2D eigenvalue weighted by molar-refractivity contribution is 1.23. The van der Waals surface area contributed by atoms with Crippen LogP contribution in [0.2, 0.25) is 0 Å². The molecule has 0 saturated heterocycles. The summed E-state index contributed by atoms with van der Waals surface area (Å²) in [6.07, 6.45) is 3.49. The van der Waals surface area contributed by atoms with Gasteiger partial charge >= 0.3 is 0 Å². The molecule has 52 heavy (non-hydrogen) atoms. The molecule has 0 N–H and O–H groups in total. The molecule has 3 aromatic heterocycles. The van der Waals surface area contributed by atoms with Crippen LogP contribution in [-0.2, 0) is 0 Å². The van der Waals surface area contributed by atoms with Gasteiger partial charge in [-0.25, -0.2) is 15.0 Å². The first-order chi connectivity index (χ1) is 25.7. The number of rotatable bonds is 6. The molecular weight excluding hydrogens is 653 g/mol. The lowest BCUT2D eigenvalue weighted by atomic mass is 10.00. The average Bonchev–Trinajstić information content (AvgIpc) is 3.61. The van der Waals surface area contributed by atoms with Gasteiger partial charge in [0.2, 0.25) is 0 Å². The Morgan fingerprint density at radius 2 is 0.904 bits per heavy atom. The molecule has 0 spiro atoms. The molecule has 0 bridgehead atoms. The fraction of sp³-hybridized carbons (Fsp3) is 0. The fourth-order valence-electron chi connectivity index (χ4n) is 7.18. The summed E-state index contributed by atoms with van der Waals surface area (Å²) in [6.45, 7) is 0. The largest absolute Gasteiger partial charge is 0.311 e. The van der Waals surface area contributed by atoms with Crippen molar-refractivity contribution in [1.29, 1.82) is 0 Å². The van der Waals surface area contributed by atoms with Gasteiger partial charge in [-0.3, -0.25) is 0 Å². The summed E-state index contributed by atoms with van der Waals surface area (Å²) in [5.41, 5.74) is 10.9. The highest BCUT2D eigenvalue weighted by atomic mass is 32.1. The Bertz CT molecular complexity index is 2770. The number of hydrogen-bond acceptors (Lipinski definition) is 5. The van der Waals surface area contributed by atoms with Gasteiger partial charge < -0.3 is 4.90 Å². The highest BCUT2D eigenvalue weighted by molar-refractivity contribution is 7.25. The van der Waals surface area contributed by atoms with Crippen molar-refractivity contribution in [3.05, 3.63) is 182 Å². The molecule has 0 amide bonds. The topological polar surface area (TPSA) is 41.9 Å². The first-order valence-electron chi connectivity index (χ1n) is 17.3. The van der Waals surface area contributed by atoms with Crippen molar-refractivity contribution in [2.75, 3.05) is 4.90 Å². The number of aromatic nitrogens is 3. The van der Waals surface area contributed by atoms with Crippen LogP contribution >= 0.6 is 11.3 Å². The van der Waals surface area contributed by atoms with E-state index in [9.17, 15) is 0 Å². The smallest absolute Gasteiger partial charge is 0.126 e. The molecule has 0 unspecified atom stereocenters. The number of thiophene rings is 1. The average molecular weight is 683 g/mol. The molecule has 10 aromatic rings. The van der Waals surface area contributed by atoms with Gasteiger partial charge in [-0.15, -0.1) is 11.3 Å². The lowest BCUT2D eigenvalue weighted by Gasteiger charge is -2.26. The second kappa shape index (κ2) is 12.6. The molecular formula is C47H30N4S. The Kier molecular flexibility index (Phi) is 7.29. The monoisotopic (exact) mass is 682 g/mol. The van der Waals surface area contributed by atoms with Crippen LogP contribution in [-0.4, -0.2) is 15.0 Å². The van der Waals surface area contributed by atoms with E-state index in [4.69, 9.17) is 4.98 Å². The van der Waals surface area contributed by atoms with Crippen molar-refractivity contribution in [3.8, 4) is 33.5 Å². The van der Waals surface area contributed by atoms with Crippen molar-refractivity contribution in [3.63, 3.8) is 0 Å². The van der Waals surface area contributed by atoms with Crippen molar-refractivity contribution >= 4 is 70.4 Å². The third-order valence-electron chi connectivity index (χ3n) is 9.84. The number of hydrogen-bond donors (Lipinski definition) is 0. The number of fused-ring (bicyclic) bond motifs is 5. The van der Waals surface area contributed by atoms with Crippen molar-refractivity contribution in [2.45, 2.75) is 0 Å². The molecule has 0 aliphatic heterocycles. The van der Waals surface area contributed by atoms with E-state index in [0.29, 0.717) is 0 Å². The van der Waals surface area contributed by atoms with Crippen LogP contribution in [0.5, 0.6) is 0 Å². The van der Waals surface area contributed by atoms with Gasteiger partial charge in [0.05, 0.1) is 15.9 Å². The number of nitrogens with zero attached hydrogens (tertiary/aromatic N) is 4. The first-order valence-corrected chi connectivity index (χ1v) is 18.1. The van der Waals surface area contributed by atoms with Crippen LogP contribution in [0, 0.1) is 0 Å². The zero-order chi connectivity index (χ0) is 34.4. The molecule has 0 radical (unpaired) electrons. The lowest BCUT2D eigenvalue weighted by Crippen LogP contribution is -2.09. The standard InChI is InChI=1S/C47H30N4S/c1-3-8-36-28-38(13-11-31(36)6-1)33-15-21-40(22-16-33)51(41-23-17-34(18-24-41)39-14-12-32-7-2-4-9-37(32)29-39)42-25-19-35(20-26-42)44-46-45(50-30-49-44)43-10-5-27-48-47(43)52-46/h1-30H. The van der Waals surface area contributed by atoms with Gasteiger partial charge in [-0.05, 0) is 104 Å². The Hall–Kier alpha value is -6.69. The molecule has 4 nitrogen and oxygen atoms in total. The second-order valence-corrected chi connectivity index (χ2v) is 14.0. The minimum Gasteiger partial charge on any atom is -0.311 e.